The van der Waals surface area contributed by atoms with Crippen molar-refractivity contribution < 1.29 is 29.1 Å². The first-order chi connectivity index (χ1) is 17.5. The van der Waals surface area contributed by atoms with Crippen molar-refractivity contribution in [2.75, 3.05) is 0 Å². The summed E-state index contributed by atoms with van der Waals surface area (Å²) in [5, 5.41) is 0. The number of carbonyl (C=O) groups excluding carboxylic acids is 2. The van der Waals surface area contributed by atoms with Crippen LogP contribution >= 0.6 is 0 Å². The molecular formula is C31H58O6. The molecule has 1 saturated carbocycles. The fourth-order valence-electron chi connectivity index (χ4n) is 4.82. The predicted octanol–water partition coefficient (Wildman–Crippen LogP) is 9.05. The van der Waals surface area contributed by atoms with Crippen molar-refractivity contribution in [3.63, 3.8) is 0 Å². The van der Waals surface area contributed by atoms with Crippen LogP contribution in [0, 0.1) is 17.8 Å². The fourth-order valence-corrected chi connectivity index (χ4v) is 4.82. The molecule has 6 heteroatoms. The van der Waals surface area contributed by atoms with E-state index in [0.29, 0.717) is 18.3 Å². The van der Waals surface area contributed by atoms with Crippen LogP contribution in [-0.4, -0.2) is 23.1 Å². The Morgan fingerprint density at radius 2 is 1.27 bits per heavy atom. The van der Waals surface area contributed by atoms with Crippen LogP contribution in [0.2, 0.25) is 0 Å². The Hall–Kier alpha value is -1.14. The van der Waals surface area contributed by atoms with Crippen molar-refractivity contribution in [1.82, 2.24) is 0 Å². The molecule has 0 spiro atoms. The van der Waals surface area contributed by atoms with Gasteiger partial charge in [0.05, 0.1) is 5.92 Å². The lowest BCUT2D eigenvalue weighted by atomic mass is 9.71. The molecule has 1 aliphatic rings. The summed E-state index contributed by atoms with van der Waals surface area (Å²) in [5.41, 5.74) is -0.870. The molecule has 0 N–H and O–H groups in total. The lowest BCUT2D eigenvalue weighted by Crippen LogP contribution is -2.34. The molecule has 0 aromatic heterocycles. The molecule has 0 heterocycles. The van der Waals surface area contributed by atoms with E-state index >= 15 is 0 Å². The Kier molecular flexibility index (Phi) is 16.7. The fraction of sp³-hybridized carbons (Fsp3) is 0.935. The smallest absolute Gasteiger partial charge is 0.298 e. The van der Waals surface area contributed by atoms with Gasteiger partial charge < -0.3 is 0 Å². The summed E-state index contributed by atoms with van der Waals surface area (Å²) in [7, 11) is 0. The van der Waals surface area contributed by atoms with Gasteiger partial charge in [-0.05, 0) is 78.1 Å². The minimum absolute atomic E-state index is 0.0325. The largest absolute Gasteiger partial charge is 0.345 e. The Morgan fingerprint density at radius 3 is 1.89 bits per heavy atom. The van der Waals surface area contributed by atoms with E-state index in [2.05, 4.69) is 6.92 Å². The van der Waals surface area contributed by atoms with E-state index in [0.717, 1.165) is 51.4 Å². The topological polar surface area (TPSA) is 71.1 Å². The van der Waals surface area contributed by atoms with Gasteiger partial charge in [0.15, 0.2) is 0 Å². The average Bonchev–Trinajstić information content (AvgIpc) is 2.88. The molecule has 0 radical (unpaired) electrons. The van der Waals surface area contributed by atoms with Crippen LogP contribution < -0.4 is 0 Å². The standard InChI is InChI=1S/C31H58O6/c1-8-11-16-20-26-23-22-25(24-27(26)29(33)35-37-31(6,7)10-3)19-17-14-12-13-15-18-21-28(32)34-36-30(4,5)9-2/h25-27H,8-24H2,1-7H3. The molecule has 6 nitrogen and oxygen atoms in total. The second kappa shape index (κ2) is 18.2. The maximum Gasteiger partial charge on any atom is 0.345 e. The maximum absolute atomic E-state index is 13.0. The van der Waals surface area contributed by atoms with Gasteiger partial charge in [-0.25, -0.2) is 9.59 Å². The molecule has 0 aliphatic heterocycles. The van der Waals surface area contributed by atoms with Gasteiger partial charge in [-0.3, -0.25) is 9.78 Å². The van der Waals surface area contributed by atoms with Crippen LogP contribution in [0.3, 0.4) is 0 Å². The highest BCUT2D eigenvalue weighted by atomic mass is 17.2. The van der Waals surface area contributed by atoms with Crippen LogP contribution in [0.15, 0.2) is 0 Å². The molecule has 3 atom stereocenters. The first-order valence-corrected chi connectivity index (χ1v) is 15.3. The summed E-state index contributed by atoms with van der Waals surface area (Å²) in [5.74, 6) is 0.559. The summed E-state index contributed by atoms with van der Waals surface area (Å²) in [6.07, 6.45) is 17.8. The van der Waals surface area contributed by atoms with Crippen molar-refractivity contribution in [3.8, 4) is 0 Å². The number of carbonyl (C=O) groups is 2. The van der Waals surface area contributed by atoms with Crippen molar-refractivity contribution in [1.29, 1.82) is 0 Å². The third-order valence-electron chi connectivity index (χ3n) is 8.24. The summed E-state index contributed by atoms with van der Waals surface area (Å²) in [6.45, 7) is 14.0. The van der Waals surface area contributed by atoms with Crippen LogP contribution in [0.25, 0.3) is 0 Å². The molecule has 1 rings (SSSR count). The predicted molar refractivity (Wildman–Crippen MR) is 148 cm³/mol. The molecule has 0 bridgehead atoms. The van der Waals surface area contributed by atoms with Crippen LogP contribution in [0.1, 0.15) is 158 Å². The van der Waals surface area contributed by atoms with E-state index < -0.39 is 11.2 Å². The van der Waals surface area contributed by atoms with Crippen molar-refractivity contribution in [2.45, 2.75) is 169 Å². The Labute approximate surface area is 227 Å². The van der Waals surface area contributed by atoms with E-state index in [9.17, 15) is 9.59 Å². The van der Waals surface area contributed by atoms with Gasteiger partial charge in [0.1, 0.15) is 11.2 Å². The zero-order valence-corrected chi connectivity index (χ0v) is 25.2. The zero-order chi connectivity index (χ0) is 27.7. The normalized spacial score (nSPS) is 20.6. The number of hydrogen-bond acceptors (Lipinski definition) is 6. The van der Waals surface area contributed by atoms with Gasteiger partial charge in [0, 0.05) is 6.42 Å². The molecule has 0 saturated heterocycles. The lowest BCUT2D eigenvalue weighted by molar-refractivity contribution is -0.329. The van der Waals surface area contributed by atoms with Crippen LogP contribution in [-0.2, 0) is 29.1 Å². The van der Waals surface area contributed by atoms with Crippen molar-refractivity contribution >= 4 is 11.9 Å². The molecule has 0 amide bonds. The van der Waals surface area contributed by atoms with Crippen LogP contribution in [0.4, 0.5) is 0 Å². The molecule has 1 aliphatic carbocycles. The van der Waals surface area contributed by atoms with Crippen molar-refractivity contribution in [3.05, 3.63) is 0 Å². The molecule has 0 aromatic rings. The molecule has 1 fully saturated rings. The number of hydrogen-bond donors (Lipinski definition) is 0. The van der Waals surface area contributed by atoms with Gasteiger partial charge >= 0.3 is 11.9 Å². The summed E-state index contributed by atoms with van der Waals surface area (Å²) < 4.78 is 0. The maximum atomic E-state index is 13.0. The first kappa shape index (κ1) is 33.9. The average molecular weight is 527 g/mol. The third kappa shape index (κ3) is 15.1. The molecule has 218 valence electrons. The van der Waals surface area contributed by atoms with Gasteiger partial charge in [-0.1, -0.05) is 85.0 Å². The van der Waals surface area contributed by atoms with Gasteiger partial charge in [0.25, 0.3) is 0 Å². The number of unbranched alkanes of at least 4 members (excludes halogenated alkanes) is 7. The first-order valence-electron chi connectivity index (χ1n) is 15.3. The minimum atomic E-state index is -0.443. The van der Waals surface area contributed by atoms with Crippen LogP contribution in [0.5, 0.6) is 0 Å². The minimum Gasteiger partial charge on any atom is -0.298 e. The van der Waals surface area contributed by atoms with E-state index in [1.165, 1.54) is 51.4 Å². The van der Waals surface area contributed by atoms with Crippen molar-refractivity contribution in [2.24, 2.45) is 17.8 Å². The zero-order valence-electron chi connectivity index (χ0n) is 25.2. The van der Waals surface area contributed by atoms with E-state index in [-0.39, 0.29) is 17.9 Å². The Morgan fingerprint density at radius 1 is 0.703 bits per heavy atom. The van der Waals surface area contributed by atoms with Gasteiger partial charge in [-0.2, -0.15) is 9.78 Å². The SMILES string of the molecule is CCCCCC1CCC(CCCCCCCCC(=O)OOC(C)(C)CC)CC1C(=O)OOC(C)(C)CC. The quantitative estimate of drug-likeness (QED) is 0.0895. The van der Waals surface area contributed by atoms with Gasteiger partial charge in [0.2, 0.25) is 0 Å². The second-order valence-corrected chi connectivity index (χ2v) is 12.5. The van der Waals surface area contributed by atoms with E-state index in [4.69, 9.17) is 19.6 Å². The molecule has 3 unspecified atom stereocenters. The van der Waals surface area contributed by atoms with E-state index in [1.54, 1.807) is 0 Å². The highest BCUT2D eigenvalue weighted by Crippen LogP contribution is 2.40. The summed E-state index contributed by atoms with van der Waals surface area (Å²) >= 11 is 0. The summed E-state index contributed by atoms with van der Waals surface area (Å²) in [4.78, 5) is 45.8. The van der Waals surface area contributed by atoms with E-state index in [1.807, 2.05) is 41.5 Å². The molecule has 0 aromatic carbocycles. The lowest BCUT2D eigenvalue weighted by Gasteiger charge is -2.35. The summed E-state index contributed by atoms with van der Waals surface area (Å²) in [6, 6.07) is 0. The highest BCUT2D eigenvalue weighted by molar-refractivity contribution is 5.72. The number of rotatable bonds is 20. The molecule has 37 heavy (non-hydrogen) atoms. The Bertz CT molecular complexity index is 629. The van der Waals surface area contributed by atoms with Gasteiger partial charge in [-0.15, -0.1) is 0 Å². The third-order valence-corrected chi connectivity index (χ3v) is 8.24. The second-order valence-electron chi connectivity index (χ2n) is 12.5. The Balaban J connectivity index is 2.30. The highest BCUT2D eigenvalue weighted by Gasteiger charge is 2.37. The molecular weight excluding hydrogens is 468 g/mol. The monoisotopic (exact) mass is 526 g/mol.